The molecule has 0 fully saturated rings. The van der Waals surface area contributed by atoms with E-state index in [0.717, 1.165) is 0 Å². The van der Waals surface area contributed by atoms with Crippen molar-refractivity contribution in [1.82, 2.24) is 0 Å². The SMILES string of the molecule is COCOc1cc(Br)c(C=O)cc1O. The molecule has 0 bridgehead atoms. The molecule has 0 amide bonds. The predicted molar refractivity (Wildman–Crippen MR) is 53.7 cm³/mol. The molecule has 5 heteroatoms. The van der Waals surface area contributed by atoms with E-state index in [1.165, 1.54) is 19.2 Å². The van der Waals surface area contributed by atoms with Gasteiger partial charge in [-0.1, -0.05) is 0 Å². The second-order valence-corrected chi connectivity index (χ2v) is 3.36. The highest BCUT2D eigenvalue weighted by atomic mass is 79.9. The van der Waals surface area contributed by atoms with Crippen molar-refractivity contribution >= 4 is 22.2 Å². The van der Waals surface area contributed by atoms with Gasteiger partial charge in [0.15, 0.2) is 24.6 Å². The van der Waals surface area contributed by atoms with Crippen LogP contribution in [0.5, 0.6) is 11.5 Å². The van der Waals surface area contributed by atoms with Gasteiger partial charge in [0.05, 0.1) is 0 Å². The molecule has 14 heavy (non-hydrogen) atoms. The molecule has 1 N–H and O–H groups in total. The minimum atomic E-state index is -0.0904. The molecule has 0 aromatic heterocycles. The largest absolute Gasteiger partial charge is 0.504 e. The van der Waals surface area contributed by atoms with Crippen molar-refractivity contribution in [3.05, 3.63) is 22.2 Å². The lowest BCUT2D eigenvalue weighted by molar-refractivity contribution is 0.0491. The first-order chi connectivity index (χ1) is 6.69. The third-order valence-electron chi connectivity index (χ3n) is 1.54. The van der Waals surface area contributed by atoms with Gasteiger partial charge >= 0.3 is 0 Å². The summed E-state index contributed by atoms with van der Waals surface area (Å²) in [6.07, 6.45) is 0.643. The molecule has 0 atom stereocenters. The standard InChI is InChI=1S/C9H9BrO4/c1-13-5-14-9-3-7(10)6(4-11)2-8(9)12/h2-4,12H,5H2,1H3. The Kier molecular flexibility index (Phi) is 3.91. The van der Waals surface area contributed by atoms with Crippen molar-refractivity contribution in [3.63, 3.8) is 0 Å². The maximum atomic E-state index is 10.5. The topological polar surface area (TPSA) is 55.8 Å². The zero-order valence-corrected chi connectivity index (χ0v) is 9.08. The monoisotopic (exact) mass is 260 g/mol. The van der Waals surface area contributed by atoms with Gasteiger partial charge in [-0.25, -0.2) is 0 Å². The molecular formula is C9H9BrO4. The molecule has 1 aromatic rings. The van der Waals surface area contributed by atoms with Crippen molar-refractivity contribution in [2.24, 2.45) is 0 Å². The Bertz CT molecular complexity index is 338. The molecule has 1 aromatic carbocycles. The fourth-order valence-electron chi connectivity index (χ4n) is 0.888. The molecule has 0 spiro atoms. The van der Waals surface area contributed by atoms with Crippen LogP contribution in [0.4, 0.5) is 0 Å². The third kappa shape index (κ3) is 2.46. The Balaban J connectivity index is 2.96. The van der Waals surface area contributed by atoms with Crippen LogP contribution in [0, 0.1) is 0 Å². The fourth-order valence-corrected chi connectivity index (χ4v) is 1.30. The lowest BCUT2D eigenvalue weighted by Gasteiger charge is -2.08. The van der Waals surface area contributed by atoms with Crippen LogP contribution in [0.3, 0.4) is 0 Å². The molecule has 0 saturated heterocycles. The van der Waals surface area contributed by atoms with Crippen molar-refractivity contribution < 1.29 is 19.4 Å². The lowest BCUT2D eigenvalue weighted by Crippen LogP contribution is -1.99. The Hall–Kier alpha value is -1.07. The van der Waals surface area contributed by atoms with E-state index in [1.807, 2.05) is 0 Å². The molecule has 0 aliphatic carbocycles. The number of phenolic OH excluding ortho intramolecular Hbond substituents is 1. The van der Waals surface area contributed by atoms with Crippen LogP contribution in [-0.4, -0.2) is 25.3 Å². The van der Waals surface area contributed by atoms with Crippen LogP contribution in [0.1, 0.15) is 10.4 Å². The number of rotatable bonds is 4. The van der Waals surface area contributed by atoms with E-state index in [1.54, 1.807) is 0 Å². The van der Waals surface area contributed by atoms with Gasteiger partial charge < -0.3 is 14.6 Å². The number of ether oxygens (including phenoxy) is 2. The van der Waals surface area contributed by atoms with E-state index < -0.39 is 0 Å². The number of aromatic hydroxyl groups is 1. The van der Waals surface area contributed by atoms with Crippen molar-refractivity contribution in [1.29, 1.82) is 0 Å². The van der Waals surface area contributed by atoms with Crippen LogP contribution < -0.4 is 4.74 Å². The number of carbonyl (C=O) groups excluding carboxylic acids is 1. The second-order valence-electron chi connectivity index (χ2n) is 2.51. The number of methoxy groups -OCH3 is 1. The first kappa shape index (κ1) is 11.0. The zero-order chi connectivity index (χ0) is 10.6. The van der Waals surface area contributed by atoms with Gasteiger partial charge in [-0.15, -0.1) is 0 Å². The quantitative estimate of drug-likeness (QED) is 0.664. The summed E-state index contributed by atoms with van der Waals surface area (Å²) < 4.78 is 10.3. The van der Waals surface area contributed by atoms with Gasteiger partial charge in [0.1, 0.15) is 0 Å². The van der Waals surface area contributed by atoms with E-state index in [0.29, 0.717) is 16.3 Å². The van der Waals surface area contributed by atoms with Crippen molar-refractivity contribution in [2.75, 3.05) is 13.9 Å². The van der Waals surface area contributed by atoms with Crippen LogP contribution in [0.15, 0.2) is 16.6 Å². The minimum absolute atomic E-state index is 0.0421. The predicted octanol–water partition coefficient (Wildman–Crippen LogP) is 1.95. The number of benzene rings is 1. The number of hydrogen-bond acceptors (Lipinski definition) is 4. The van der Waals surface area contributed by atoms with E-state index in [9.17, 15) is 9.90 Å². The van der Waals surface area contributed by atoms with Crippen LogP contribution in [0.2, 0.25) is 0 Å². The Labute approximate surface area is 89.6 Å². The van der Waals surface area contributed by atoms with Gasteiger partial charge in [-0.3, -0.25) is 4.79 Å². The number of aldehydes is 1. The molecule has 4 nitrogen and oxygen atoms in total. The zero-order valence-electron chi connectivity index (χ0n) is 7.49. The summed E-state index contributed by atoms with van der Waals surface area (Å²) in [6.45, 7) is 0.0421. The number of phenols is 1. The molecule has 0 unspecified atom stereocenters. The van der Waals surface area contributed by atoms with Crippen LogP contribution >= 0.6 is 15.9 Å². The Morgan fingerprint density at radius 2 is 2.29 bits per heavy atom. The van der Waals surface area contributed by atoms with Crippen LogP contribution in [-0.2, 0) is 4.74 Å². The number of carbonyl (C=O) groups is 1. The van der Waals surface area contributed by atoms with E-state index in [2.05, 4.69) is 20.7 Å². The fraction of sp³-hybridized carbons (Fsp3) is 0.222. The maximum Gasteiger partial charge on any atom is 0.188 e. The summed E-state index contributed by atoms with van der Waals surface area (Å²) in [4.78, 5) is 10.5. The van der Waals surface area contributed by atoms with E-state index in [-0.39, 0.29) is 18.3 Å². The normalized spacial score (nSPS) is 9.86. The summed E-state index contributed by atoms with van der Waals surface area (Å²) in [5, 5.41) is 9.41. The average molecular weight is 261 g/mol. The summed E-state index contributed by atoms with van der Waals surface area (Å²) in [6, 6.07) is 2.83. The minimum Gasteiger partial charge on any atom is -0.504 e. The first-order valence-electron chi connectivity index (χ1n) is 3.78. The lowest BCUT2D eigenvalue weighted by atomic mass is 10.2. The van der Waals surface area contributed by atoms with Crippen LogP contribution in [0.25, 0.3) is 0 Å². The second kappa shape index (κ2) is 4.97. The molecule has 0 aliphatic rings. The summed E-state index contributed by atoms with van der Waals surface area (Å²) in [5.74, 6) is 0.177. The van der Waals surface area contributed by atoms with E-state index >= 15 is 0 Å². The molecule has 0 heterocycles. The number of halogens is 1. The Morgan fingerprint density at radius 1 is 1.57 bits per heavy atom. The average Bonchev–Trinajstić information content (AvgIpc) is 2.18. The molecule has 76 valence electrons. The summed E-state index contributed by atoms with van der Waals surface area (Å²) >= 11 is 3.17. The van der Waals surface area contributed by atoms with E-state index in [4.69, 9.17) is 4.74 Å². The molecule has 0 aliphatic heterocycles. The summed E-state index contributed by atoms with van der Waals surface area (Å²) in [7, 11) is 1.48. The molecule has 1 rings (SSSR count). The molecular weight excluding hydrogens is 252 g/mol. The van der Waals surface area contributed by atoms with Gasteiger partial charge in [0.25, 0.3) is 0 Å². The maximum absolute atomic E-state index is 10.5. The van der Waals surface area contributed by atoms with Gasteiger partial charge in [-0.2, -0.15) is 0 Å². The first-order valence-corrected chi connectivity index (χ1v) is 4.57. The van der Waals surface area contributed by atoms with Gasteiger partial charge in [0.2, 0.25) is 0 Å². The number of hydrogen-bond donors (Lipinski definition) is 1. The van der Waals surface area contributed by atoms with Crippen molar-refractivity contribution in [3.8, 4) is 11.5 Å². The highest BCUT2D eigenvalue weighted by molar-refractivity contribution is 9.10. The smallest absolute Gasteiger partial charge is 0.188 e. The summed E-state index contributed by atoms with van der Waals surface area (Å²) in [5.41, 5.74) is 0.368. The van der Waals surface area contributed by atoms with Gasteiger partial charge in [0, 0.05) is 17.1 Å². The highest BCUT2D eigenvalue weighted by Gasteiger charge is 2.07. The molecule has 0 radical (unpaired) electrons. The third-order valence-corrected chi connectivity index (χ3v) is 2.22. The van der Waals surface area contributed by atoms with Crippen molar-refractivity contribution in [2.45, 2.75) is 0 Å². The Morgan fingerprint density at radius 3 is 2.86 bits per heavy atom. The molecule has 0 saturated carbocycles. The highest BCUT2D eigenvalue weighted by Crippen LogP contribution is 2.31. The van der Waals surface area contributed by atoms with Gasteiger partial charge in [-0.05, 0) is 28.1 Å².